The van der Waals surface area contributed by atoms with Crippen LogP contribution in [-0.2, 0) is 17.5 Å². The number of alkyl halides is 3. The Morgan fingerprint density at radius 1 is 1.30 bits per heavy atom. The molecule has 0 unspecified atom stereocenters. The third-order valence-corrected chi connectivity index (χ3v) is 4.32. The number of nitrogens with one attached hydrogen (secondary N) is 1. The second kappa shape index (κ2) is 7.38. The summed E-state index contributed by atoms with van der Waals surface area (Å²) in [6.45, 7) is 0.609. The molecule has 0 fully saturated rings. The lowest BCUT2D eigenvalue weighted by atomic mass is 10.1. The van der Waals surface area contributed by atoms with Crippen LogP contribution in [0, 0.1) is 23.0 Å². The van der Waals surface area contributed by atoms with Crippen molar-refractivity contribution in [1.29, 1.82) is 5.26 Å². The highest BCUT2D eigenvalue weighted by Gasteiger charge is 2.36. The standard InChI is InChI=1S/C19H13F5N4O2/c1-18(30,9-28-8-14(21)12-4-10(20)2-3-16(12)28)17(29)27-11-5-13(19(22,23)24)15(6-25)26-7-11/h2-5,7-8,30H,9H2,1H3,(H,27,29)/t18-/m0/s1. The molecule has 3 aromatic rings. The number of aliphatic hydroxyl groups is 1. The first kappa shape index (κ1) is 21.2. The molecule has 0 spiro atoms. The number of rotatable bonds is 4. The van der Waals surface area contributed by atoms with Gasteiger partial charge in [-0.1, -0.05) is 0 Å². The zero-order valence-electron chi connectivity index (χ0n) is 15.3. The summed E-state index contributed by atoms with van der Waals surface area (Å²) >= 11 is 0. The summed E-state index contributed by atoms with van der Waals surface area (Å²) in [6, 6.07) is 5.13. The van der Waals surface area contributed by atoms with Gasteiger partial charge in [0, 0.05) is 11.6 Å². The molecule has 156 valence electrons. The van der Waals surface area contributed by atoms with E-state index in [2.05, 4.69) is 10.3 Å². The molecule has 0 saturated heterocycles. The summed E-state index contributed by atoms with van der Waals surface area (Å²) in [7, 11) is 0. The lowest BCUT2D eigenvalue weighted by molar-refractivity contribution is -0.138. The van der Waals surface area contributed by atoms with Gasteiger partial charge >= 0.3 is 6.18 Å². The molecule has 2 aromatic heterocycles. The highest BCUT2D eigenvalue weighted by Crippen LogP contribution is 2.32. The molecule has 2 heterocycles. The zero-order valence-corrected chi connectivity index (χ0v) is 15.3. The van der Waals surface area contributed by atoms with Crippen LogP contribution in [0.3, 0.4) is 0 Å². The van der Waals surface area contributed by atoms with Crippen LogP contribution in [0.4, 0.5) is 27.6 Å². The molecular weight excluding hydrogens is 411 g/mol. The molecule has 2 N–H and O–H groups in total. The Balaban J connectivity index is 1.86. The van der Waals surface area contributed by atoms with Gasteiger partial charge in [-0.2, -0.15) is 18.4 Å². The van der Waals surface area contributed by atoms with Crippen molar-refractivity contribution in [2.45, 2.75) is 25.2 Å². The van der Waals surface area contributed by atoms with Gasteiger partial charge in [0.25, 0.3) is 5.91 Å². The average Bonchev–Trinajstić information content (AvgIpc) is 2.95. The molecule has 0 bridgehead atoms. The fraction of sp³-hybridized carbons (Fsp3) is 0.211. The zero-order chi connectivity index (χ0) is 22.3. The summed E-state index contributed by atoms with van der Waals surface area (Å²) in [5, 5.41) is 21.3. The van der Waals surface area contributed by atoms with Crippen LogP contribution in [0.1, 0.15) is 18.2 Å². The molecule has 0 aliphatic rings. The number of benzene rings is 1. The third kappa shape index (κ3) is 4.08. The number of carbonyl (C=O) groups excluding carboxylic acids is 1. The lowest BCUT2D eigenvalue weighted by Gasteiger charge is -2.23. The largest absolute Gasteiger partial charge is 0.419 e. The predicted octanol–water partition coefficient (Wildman–Crippen LogP) is 3.59. The van der Waals surface area contributed by atoms with Crippen LogP contribution in [0.5, 0.6) is 0 Å². The number of fused-ring (bicyclic) bond motifs is 1. The molecule has 3 rings (SSSR count). The van der Waals surface area contributed by atoms with E-state index >= 15 is 0 Å². The number of nitriles is 1. The molecule has 6 nitrogen and oxygen atoms in total. The number of amides is 1. The molecule has 0 radical (unpaired) electrons. The van der Waals surface area contributed by atoms with Crippen LogP contribution in [-0.4, -0.2) is 26.2 Å². The number of nitrogens with zero attached hydrogens (tertiary/aromatic N) is 3. The number of carbonyl (C=O) groups is 1. The Morgan fingerprint density at radius 3 is 2.63 bits per heavy atom. The molecule has 0 aliphatic heterocycles. The number of hydrogen-bond acceptors (Lipinski definition) is 4. The summed E-state index contributed by atoms with van der Waals surface area (Å²) in [5.41, 5.74) is -4.57. The van der Waals surface area contributed by atoms with Crippen molar-refractivity contribution in [3.8, 4) is 6.07 Å². The molecular formula is C19H13F5N4O2. The predicted molar refractivity (Wildman–Crippen MR) is 95.1 cm³/mol. The average molecular weight is 424 g/mol. The maximum Gasteiger partial charge on any atom is 0.419 e. The maximum atomic E-state index is 14.0. The SMILES string of the molecule is C[C@](O)(Cn1cc(F)c2cc(F)ccc21)C(=O)Nc1cnc(C#N)c(C(F)(F)F)c1. The number of anilines is 1. The van der Waals surface area contributed by atoms with Crippen molar-refractivity contribution >= 4 is 22.5 Å². The van der Waals surface area contributed by atoms with Crippen LogP contribution in [0.25, 0.3) is 10.9 Å². The number of halogens is 5. The summed E-state index contributed by atoms with van der Waals surface area (Å²) in [4.78, 5) is 15.8. The minimum atomic E-state index is -4.88. The van der Waals surface area contributed by atoms with Gasteiger partial charge in [0.2, 0.25) is 0 Å². The third-order valence-electron chi connectivity index (χ3n) is 4.32. The quantitative estimate of drug-likeness (QED) is 0.627. The van der Waals surface area contributed by atoms with Gasteiger partial charge in [-0.15, -0.1) is 0 Å². The van der Waals surface area contributed by atoms with Gasteiger partial charge in [-0.25, -0.2) is 13.8 Å². The smallest absolute Gasteiger partial charge is 0.378 e. The van der Waals surface area contributed by atoms with Gasteiger partial charge in [0.1, 0.15) is 17.7 Å². The number of pyridine rings is 1. The van der Waals surface area contributed by atoms with Crippen LogP contribution < -0.4 is 5.32 Å². The Morgan fingerprint density at radius 2 is 2.00 bits per heavy atom. The van der Waals surface area contributed by atoms with E-state index in [-0.39, 0.29) is 10.9 Å². The molecule has 11 heteroatoms. The first-order valence-corrected chi connectivity index (χ1v) is 8.37. The van der Waals surface area contributed by atoms with Crippen LogP contribution >= 0.6 is 0 Å². The van der Waals surface area contributed by atoms with Crippen LogP contribution in [0.15, 0.2) is 36.7 Å². The van der Waals surface area contributed by atoms with Gasteiger partial charge in [-0.05, 0) is 31.2 Å². The second-order valence-corrected chi connectivity index (χ2v) is 6.72. The fourth-order valence-corrected chi connectivity index (χ4v) is 2.86. The minimum Gasteiger partial charge on any atom is -0.378 e. The molecule has 0 aliphatic carbocycles. The Bertz CT molecular complexity index is 1180. The summed E-state index contributed by atoms with van der Waals surface area (Å²) < 4.78 is 67.6. The highest BCUT2D eigenvalue weighted by molar-refractivity contribution is 5.97. The first-order chi connectivity index (χ1) is 13.9. The van der Waals surface area contributed by atoms with Crippen molar-refractivity contribution in [3.63, 3.8) is 0 Å². The summed E-state index contributed by atoms with van der Waals surface area (Å²) in [5.74, 6) is -2.53. The second-order valence-electron chi connectivity index (χ2n) is 6.72. The normalized spacial score (nSPS) is 13.7. The van der Waals surface area contributed by atoms with E-state index in [0.717, 1.165) is 31.5 Å². The van der Waals surface area contributed by atoms with Crippen molar-refractivity contribution < 1.29 is 31.9 Å². The first-order valence-electron chi connectivity index (χ1n) is 8.37. The van der Waals surface area contributed by atoms with E-state index in [9.17, 15) is 31.9 Å². The highest BCUT2D eigenvalue weighted by atomic mass is 19.4. The van der Waals surface area contributed by atoms with Gasteiger partial charge in [0.15, 0.2) is 11.3 Å². The van der Waals surface area contributed by atoms with E-state index in [1.165, 1.54) is 16.7 Å². The van der Waals surface area contributed by atoms with Gasteiger partial charge in [-0.3, -0.25) is 4.79 Å². The van der Waals surface area contributed by atoms with Gasteiger partial charge in [0.05, 0.1) is 29.5 Å². The maximum absolute atomic E-state index is 14.0. The Kier molecular flexibility index (Phi) is 5.22. The minimum absolute atomic E-state index is 0.0580. The van der Waals surface area contributed by atoms with Crippen molar-refractivity contribution in [2.75, 3.05) is 5.32 Å². The monoisotopic (exact) mass is 424 g/mol. The van der Waals surface area contributed by atoms with Crippen molar-refractivity contribution in [2.24, 2.45) is 0 Å². The molecule has 0 saturated carbocycles. The van der Waals surface area contributed by atoms with E-state index in [0.29, 0.717) is 6.07 Å². The van der Waals surface area contributed by atoms with E-state index in [1.807, 2.05) is 0 Å². The number of aromatic nitrogens is 2. The van der Waals surface area contributed by atoms with E-state index in [4.69, 9.17) is 5.26 Å². The Hall–Kier alpha value is -3.52. The molecule has 1 amide bonds. The fourth-order valence-electron chi connectivity index (χ4n) is 2.86. The molecule has 1 aromatic carbocycles. The van der Waals surface area contributed by atoms with Gasteiger partial charge < -0.3 is 15.0 Å². The Labute approximate surface area is 166 Å². The lowest BCUT2D eigenvalue weighted by Crippen LogP contribution is -2.43. The number of hydrogen-bond donors (Lipinski definition) is 2. The molecule has 1 atom stereocenters. The van der Waals surface area contributed by atoms with E-state index < -0.39 is 52.8 Å². The van der Waals surface area contributed by atoms with Crippen LogP contribution in [0.2, 0.25) is 0 Å². The molecule has 30 heavy (non-hydrogen) atoms. The topological polar surface area (TPSA) is 90.9 Å². The van der Waals surface area contributed by atoms with E-state index in [1.54, 1.807) is 0 Å². The van der Waals surface area contributed by atoms with Crippen molar-refractivity contribution in [1.82, 2.24) is 9.55 Å². The van der Waals surface area contributed by atoms with Crippen molar-refractivity contribution in [3.05, 3.63) is 59.6 Å². The summed E-state index contributed by atoms with van der Waals surface area (Å²) in [6.07, 6.45) is -3.07.